The molecule has 0 saturated carbocycles. The number of nitriles is 1. The summed E-state index contributed by atoms with van der Waals surface area (Å²) in [5.41, 5.74) is 6.17. The van der Waals surface area contributed by atoms with E-state index in [9.17, 15) is 14.4 Å². The van der Waals surface area contributed by atoms with E-state index in [1.807, 2.05) is 72.8 Å². The molecule has 0 radical (unpaired) electrons. The lowest BCUT2D eigenvalue weighted by atomic mass is 10.0. The van der Waals surface area contributed by atoms with Crippen LogP contribution in [0.15, 0.2) is 97.1 Å². The maximum Gasteiger partial charge on any atom is 0.411 e. The van der Waals surface area contributed by atoms with Gasteiger partial charge in [0.25, 0.3) is 6.26 Å². The Balaban J connectivity index is 1.08. The Morgan fingerprint density at radius 3 is 1.46 bits per heavy atom. The van der Waals surface area contributed by atoms with Crippen molar-refractivity contribution in [2.45, 2.75) is 25.7 Å². The molecule has 6 N–H and O–H groups in total. The number of benzene rings is 4. The van der Waals surface area contributed by atoms with Gasteiger partial charge in [-0.15, -0.1) is 5.26 Å². The number of hydrogen-bond donors (Lipinski definition) is 6. The molecule has 4 rings (SSSR count). The number of hydrogen-bond acceptors (Lipinski definition) is 7. The van der Waals surface area contributed by atoms with Gasteiger partial charge in [0.1, 0.15) is 5.75 Å². The van der Waals surface area contributed by atoms with Crippen molar-refractivity contribution in [2.75, 3.05) is 42.3 Å². The minimum absolute atomic E-state index is 0.0273. The molecular formula is C36H38N6O6. The summed E-state index contributed by atoms with van der Waals surface area (Å²) in [6.07, 6.45) is 3.39. The van der Waals surface area contributed by atoms with Crippen LogP contribution in [0.4, 0.5) is 31.4 Å². The fourth-order valence-electron chi connectivity index (χ4n) is 4.54. The van der Waals surface area contributed by atoms with Crippen LogP contribution in [0, 0.1) is 11.5 Å². The van der Waals surface area contributed by atoms with Crippen LogP contribution in [0.3, 0.4) is 0 Å². The Labute approximate surface area is 279 Å². The second kappa shape index (κ2) is 18.8. The highest BCUT2D eigenvalue weighted by molar-refractivity contribution is 5.89. The van der Waals surface area contributed by atoms with Crippen molar-refractivity contribution in [3.63, 3.8) is 0 Å². The van der Waals surface area contributed by atoms with Crippen molar-refractivity contribution in [1.82, 2.24) is 10.6 Å². The molecule has 0 heterocycles. The first-order chi connectivity index (χ1) is 23.4. The van der Waals surface area contributed by atoms with Crippen LogP contribution >= 0.6 is 0 Å². The molecule has 4 aromatic carbocycles. The van der Waals surface area contributed by atoms with Gasteiger partial charge in [-0.05, 0) is 96.5 Å². The zero-order chi connectivity index (χ0) is 34.0. The molecule has 0 aliphatic carbocycles. The smallest absolute Gasteiger partial charge is 0.411 e. The molecule has 4 aromatic rings. The predicted molar refractivity (Wildman–Crippen MR) is 183 cm³/mol. The van der Waals surface area contributed by atoms with Crippen molar-refractivity contribution in [3.05, 3.63) is 119 Å². The number of aliphatic hydroxyl groups is 1. The number of ether oxygens (including phenoxy) is 2. The maximum absolute atomic E-state index is 12.3. The number of nitrogens with zero attached hydrogens (tertiary/aromatic N) is 1. The molecule has 0 fully saturated rings. The van der Waals surface area contributed by atoms with Gasteiger partial charge in [0.15, 0.2) is 0 Å². The predicted octanol–water partition coefficient (Wildman–Crippen LogP) is 5.99. The summed E-state index contributed by atoms with van der Waals surface area (Å²) >= 11 is 0. The summed E-state index contributed by atoms with van der Waals surface area (Å²) in [5, 5.41) is 31.0. The number of carbonyl (C=O) groups excluding carboxylic acids is 3. The van der Waals surface area contributed by atoms with Gasteiger partial charge in [-0.25, -0.2) is 14.4 Å². The Morgan fingerprint density at radius 1 is 0.604 bits per heavy atom. The Morgan fingerprint density at radius 2 is 1.02 bits per heavy atom. The van der Waals surface area contributed by atoms with Gasteiger partial charge in [0.2, 0.25) is 0 Å². The normalized spacial score (nSPS) is 10.2. The van der Waals surface area contributed by atoms with Crippen LogP contribution in [0.2, 0.25) is 0 Å². The highest BCUT2D eigenvalue weighted by atomic mass is 16.5. The zero-order valence-electron chi connectivity index (χ0n) is 26.3. The van der Waals surface area contributed by atoms with Crippen LogP contribution < -0.4 is 31.3 Å². The first kappa shape index (κ1) is 34.8. The molecule has 48 heavy (non-hydrogen) atoms. The second-order valence-corrected chi connectivity index (χ2v) is 10.7. The Kier molecular flexibility index (Phi) is 13.6. The Bertz CT molecular complexity index is 1650. The molecular weight excluding hydrogens is 612 g/mol. The zero-order valence-corrected chi connectivity index (χ0v) is 26.3. The fraction of sp³-hybridized carbons (Fsp3) is 0.222. The van der Waals surface area contributed by atoms with Crippen LogP contribution in [-0.4, -0.2) is 49.6 Å². The standard InChI is InChI=1S/C36H38N6O6/c37-25-48-33-17-9-29(10-18-33)24-28-7-15-32(16-8-28)42-36(46)47-22-2-20-39-35(45)41-31-13-5-27(6-14-31)23-26-3-11-30(12-4-26)40-34(44)38-19-1-21-43/h3-18,43H,1-2,19-24H2,(H,42,46)(H2,38,40,44)(H2,39,41,45). The molecule has 0 spiro atoms. The summed E-state index contributed by atoms with van der Waals surface area (Å²) in [6.45, 7) is 0.895. The number of anilines is 3. The number of nitrogens with one attached hydrogen (secondary N) is 5. The van der Waals surface area contributed by atoms with Gasteiger partial charge in [0.05, 0.1) is 6.61 Å². The van der Waals surface area contributed by atoms with Crippen LogP contribution in [0.25, 0.3) is 0 Å². The molecule has 0 atom stereocenters. The molecule has 0 aliphatic heterocycles. The van der Waals surface area contributed by atoms with Crippen molar-refractivity contribution in [2.24, 2.45) is 0 Å². The highest BCUT2D eigenvalue weighted by Gasteiger charge is 2.07. The maximum atomic E-state index is 12.3. The van der Waals surface area contributed by atoms with Crippen molar-refractivity contribution in [3.8, 4) is 12.0 Å². The van der Waals surface area contributed by atoms with E-state index in [2.05, 4.69) is 26.6 Å². The number of aliphatic hydroxyl groups excluding tert-OH is 1. The number of rotatable bonds is 15. The fourth-order valence-corrected chi connectivity index (χ4v) is 4.54. The first-order valence-electron chi connectivity index (χ1n) is 15.5. The van der Waals surface area contributed by atoms with Gasteiger partial charge in [0, 0.05) is 36.8 Å². The van der Waals surface area contributed by atoms with Crippen molar-refractivity contribution in [1.29, 1.82) is 5.26 Å². The lowest BCUT2D eigenvalue weighted by molar-refractivity contribution is 0.160. The van der Waals surface area contributed by atoms with E-state index in [4.69, 9.17) is 19.8 Å². The van der Waals surface area contributed by atoms with Crippen molar-refractivity contribution < 1.29 is 29.0 Å². The molecule has 12 nitrogen and oxygen atoms in total. The van der Waals surface area contributed by atoms with Gasteiger partial charge in [-0.3, -0.25) is 5.32 Å². The topological polar surface area (TPSA) is 174 Å². The number of amides is 5. The molecule has 12 heteroatoms. The number of urea groups is 2. The average molecular weight is 651 g/mol. The highest BCUT2D eigenvalue weighted by Crippen LogP contribution is 2.18. The van der Waals surface area contributed by atoms with E-state index in [0.717, 1.165) is 22.3 Å². The molecule has 0 aliphatic rings. The SMILES string of the molecule is N#COc1ccc(Cc2ccc(NC(=O)OCCCNC(=O)Nc3ccc(Cc4ccc(NC(=O)NCCCO)cc4)cc3)cc2)cc1. The van der Waals surface area contributed by atoms with E-state index in [0.29, 0.717) is 61.6 Å². The number of carbonyl (C=O) groups is 3. The molecule has 0 aromatic heterocycles. The molecule has 5 amide bonds. The van der Waals surface area contributed by atoms with E-state index in [-0.39, 0.29) is 25.3 Å². The quantitative estimate of drug-likeness (QED) is 0.0677. The van der Waals surface area contributed by atoms with Crippen LogP contribution in [0.1, 0.15) is 35.1 Å². The summed E-state index contributed by atoms with van der Waals surface area (Å²) in [5.74, 6) is 0.493. The lowest BCUT2D eigenvalue weighted by Crippen LogP contribution is -2.30. The minimum Gasteiger partial charge on any atom is -0.449 e. The summed E-state index contributed by atoms with van der Waals surface area (Å²) in [7, 11) is 0. The first-order valence-corrected chi connectivity index (χ1v) is 15.5. The summed E-state index contributed by atoms with van der Waals surface area (Å²) < 4.78 is 10.0. The van der Waals surface area contributed by atoms with E-state index in [1.165, 1.54) is 0 Å². The third kappa shape index (κ3) is 12.4. The van der Waals surface area contributed by atoms with Gasteiger partial charge >= 0.3 is 18.2 Å². The largest absolute Gasteiger partial charge is 0.449 e. The monoisotopic (exact) mass is 650 g/mol. The molecule has 0 bridgehead atoms. The molecule has 0 saturated heterocycles. The molecule has 0 unspecified atom stereocenters. The summed E-state index contributed by atoms with van der Waals surface area (Å²) in [6, 6.07) is 29.1. The van der Waals surface area contributed by atoms with Crippen molar-refractivity contribution >= 4 is 35.2 Å². The van der Waals surface area contributed by atoms with Gasteiger partial charge < -0.3 is 35.8 Å². The minimum atomic E-state index is -0.578. The van der Waals surface area contributed by atoms with E-state index >= 15 is 0 Å². The Hall–Kier alpha value is -6.06. The average Bonchev–Trinajstić information content (AvgIpc) is 3.08. The van der Waals surface area contributed by atoms with Crippen LogP contribution in [0.5, 0.6) is 5.75 Å². The van der Waals surface area contributed by atoms with Gasteiger partial charge in [-0.2, -0.15) is 0 Å². The third-order valence-corrected chi connectivity index (χ3v) is 6.99. The van der Waals surface area contributed by atoms with E-state index in [1.54, 1.807) is 30.5 Å². The summed E-state index contributed by atoms with van der Waals surface area (Å²) in [4.78, 5) is 36.3. The molecule has 248 valence electrons. The third-order valence-electron chi connectivity index (χ3n) is 6.99. The van der Waals surface area contributed by atoms with Gasteiger partial charge in [-0.1, -0.05) is 48.5 Å². The van der Waals surface area contributed by atoms with Crippen LogP contribution in [-0.2, 0) is 17.6 Å². The second-order valence-electron chi connectivity index (χ2n) is 10.7. The van der Waals surface area contributed by atoms with E-state index < -0.39 is 6.09 Å². The lowest BCUT2D eigenvalue weighted by Gasteiger charge is -2.10.